The lowest BCUT2D eigenvalue weighted by atomic mass is 10.3. The minimum atomic E-state index is -0.653. The van der Waals surface area contributed by atoms with Gasteiger partial charge in [-0.2, -0.15) is 0 Å². The standard InChI is InChI=1S/C7H8N4O2/c1-7(2)10-3-4(11-7)8-6(13)9-5(3)12/h1-2H3,(H2,8,9,11,12,13). The van der Waals surface area contributed by atoms with Crippen molar-refractivity contribution in [3.05, 3.63) is 31.7 Å². The van der Waals surface area contributed by atoms with Gasteiger partial charge in [-0.1, -0.05) is 0 Å². The highest BCUT2D eigenvalue weighted by atomic mass is 16.2. The zero-order valence-electron chi connectivity index (χ0n) is 7.21. The average Bonchev–Trinajstić information content (AvgIpc) is 2.23. The lowest BCUT2D eigenvalue weighted by Crippen LogP contribution is -2.46. The lowest BCUT2D eigenvalue weighted by molar-refractivity contribution is 0.546. The fraction of sp³-hybridized carbons (Fsp3) is 0.429. The number of aromatic amines is 2. The van der Waals surface area contributed by atoms with Gasteiger partial charge in [-0.25, -0.2) is 14.8 Å². The van der Waals surface area contributed by atoms with Gasteiger partial charge in [-0.05, 0) is 13.8 Å². The van der Waals surface area contributed by atoms with E-state index in [0.717, 1.165) is 0 Å². The second kappa shape index (κ2) is 2.15. The maximum Gasteiger partial charge on any atom is 0.327 e. The SMILES string of the molecule is CC1(C)N=c2[nH]c(=O)[nH]c(=O)c2=N1. The average molecular weight is 180 g/mol. The van der Waals surface area contributed by atoms with Crippen LogP contribution in [-0.4, -0.2) is 15.6 Å². The molecule has 0 saturated heterocycles. The molecule has 68 valence electrons. The van der Waals surface area contributed by atoms with Crippen molar-refractivity contribution in [1.29, 1.82) is 0 Å². The normalized spacial score (nSPS) is 17.4. The summed E-state index contributed by atoms with van der Waals surface area (Å²) in [6, 6.07) is 0. The summed E-state index contributed by atoms with van der Waals surface area (Å²) in [5, 5.41) is 0.199. The predicted octanol–water partition coefficient (Wildman–Crippen LogP) is -1.95. The number of hydrogen-bond donors (Lipinski definition) is 2. The van der Waals surface area contributed by atoms with Crippen LogP contribution in [0.25, 0.3) is 0 Å². The Balaban J connectivity index is 3.02. The molecule has 1 aliphatic rings. The van der Waals surface area contributed by atoms with Crippen molar-refractivity contribution >= 4 is 0 Å². The van der Waals surface area contributed by atoms with Crippen molar-refractivity contribution in [2.75, 3.05) is 0 Å². The van der Waals surface area contributed by atoms with Crippen molar-refractivity contribution in [2.45, 2.75) is 19.5 Å². The minimum absolute atomic E-state index is 0.199. The van der Waals surface area contributed by atoms with Crippen LogP contribution >= 0.6 is 0 Å². The van der Waals surface area contributed by atoms with Gasteiger partial charge in [0.1, 0.15) is 5.66 Å². The van der Waals surface area contributed by atoms with Crippen molar-refractivity contribution < 1.29 is 0 Å². The zero-order valence-corrected chi connectivity index (χ0v) is 7.21. The Bertz CT molecular complexity index is 578. The number of rotatable bonds is 0. The van der Waals surface area contributed by atoms with E-state index in [1.54, 1.807) is 13.8 Å². The Hall–Kier alpha value is -1.72. The molecule has 0 unspecified atom stereocenters. The van der Waals surface area contributed by atoms with Crippen molar-refractivity contribution in [2.24, 2.45) is 9.98 Å². The second-order valence-corrected chi connectivity index (χ2v) is 3.32. The van der Waals surface area contributed by atoms with Gasteiger partial charge >= 0.3 is 5.69 Å². The predicted molar refractivity (Wildman–Crippen MR) is 44.1 cm³/mol. The molecule has 2 rings (SSSR count). The molecule has 0 radical (unpaired) electrons. The van der Waals surface area contributed by atoms with Crippen molar-refractivity contribution in [1.82, 2.24) is 9.97 Å². The van der Waals surface area contributed by atoms with Gasteiger partial charge in [0.2, 0.25) is 0 Å². The number of H-pyrrole nitrogens is 2. The summed E-state index contributed by atoms with van der Waals surface area (Å²) in [6.45, 7) is 3.51. The first-order valence-corrected chi connectivity index (χ1v) is 3.80. The van der Waals surface area contributed by atoms with E-state index < -0.39 is 16.9 Å². The molecule has 1 aromatic heterocycles. The molecule has 13 heavy (non-hydrogen) atoms. The van der Waals surface area contributed by atoms with Gasteiger partial charge in [0.05, 0.1) is 0 Å². The van der Waals surface area contributed by atoms with E-state index in [1.807, 2.05) is 0 Å². The first-order valence-electron chi connectivity index (χ1n) is 3.80. The summed E-state index contributed by atoms with van der Waals surface area (Å²) in [7, 11) is 0. The summed E-state index contributed by atoms with van der Waals surface area (Å²) in [4.78, 5) is 34.6. The van der Waals surface area contributed by atoms with Crippen LogP contribution in [0.15, 0.2) is 19.6 Å². The third-order valence-corrected chi connectivity index (χ3v) is 1.67. The summed E-state index contributed by atoms with van der Waals surface area (Å²) in [5.41, 5.74) is -1.44. The highest BCUT2D eigenvalue weighted by Gasteiger charge is 2.19. The van der Waals surface area contributed by atoms with E-state index in [2.05, 4.69) is 20.0 Å². The van der Waals surface area contributed by atoms with Gasteiger partial charge in [-0.15, -0.1) is 0 Å². The molecule has 1 aliphatic heterocycles. The summed E-state index contributed by atoms with van der Waals surface area (Å²) in [5.74, 6) is 0. The zero-order chi connectivity index (χ0) is 9.64. The molecule has 0 bridgehead atoms. The highest BCUT2D eigenvalue weighted by molar-refractivity contribution is 4.93. The Morgan fingerprint density at radius 1 is 1.15 bits per heavy atom. The quantitative estimate of drug-likeness (QED) is 0.486. The smallest absolute Gasteiger partial charge is 0.290 e. The van der Waals surface area contributed by atoms with E-state index in [0.29, 0.717) is 0 Å². The van der Waals surface area contributed by atoms with Gasteiger partial charge < -0.3 is 0 Å². The minimum Gasteiger partial charge on any atom is -0.290 e. The molecule has 2 heterocycles. The van der Waals surface area contributed by atoms with Gasteiger partial charge in [-0.3, -0.25) is 14.8 Å². The Kier molecular flexibility index (Phi) is 1.31. The van der Waals surface area contributed by atoms with E-state index in [1.165, 1.54) is 0 Å². The van der Waals surface area contributed by atoms with Gasteiger partial charge in [0.15, 0.2) is 10.8 Å². The third kappa shape index (κ3) is 1.20. The Morgan fingerprint density at radius 2 is 1.85 bits per heavy atom. The molecule has 1 aromatic rings. The van der Waals surface area contributed by atoms with E-state index in [9.17, 15) is 9.59 Å². The number of aromatic nitrogens is 2. The first-order chi connectivity index (χ1) is 5.98. The monoisotopic (exact) mass is 180 g/mol. The molecule has 0 aliphatic carbocycles. The van der Waals surface area contributed by atoms with Crippen LogP contribution in [0.4, 0.5) is 0 Å². The molecule has 6 heteroatoms. The summed E-state index contributed by atoms with van der Waals surface area (Å²) < 4.78 is 0. The van der Waals surface area contributed by atoms with Crippen LogP contribution in [0.1, 0.15) is 13.8 Å². The van der Waals surface area contributed by atoms with Crippen molar-refractivity contribution in [3.8, 4) is 0 Å². The van der Waals surface area contributed by atoms with Crippen LogP contribution in [0.3, 0.4) is 0 Å². The highest BCUT2D eigenvalue weighted by Crippen LogP contribution is 2.08. The Labute approximate surface area is 72.1 Å². The largest absolute Gasteiger partial charge is 0.327 e. The summed E-state index contributed by atoms with van der Waals surface area (Å²) >= 11 is 0. The molecule has 2 N–H and O–H groups in total. The first kappa shape index (κ1) is 7.90. The van der Waals surface area contributed by atoms with Crippen LogP contribution < -0.4 is 22.1 Å². The molecule has 0 spiro atoms. The Morgan fingerprint density at radius 3 is 2.54 bits per heavy atom. The molecular weight excluding hydrogens is 172 g/mol. The molecular formula is C7H8N4O2. The van der Waals surface area contributed by atoms with Crippen LogP contribution in [0.5, 0.6) is 0 Å². The van der Waals surface area contributed by atoms with Gasteiger partial charge in [0, 0.05) is 0 Å². The maximum absolute atomic E-state index is 11.2. The van der Waals surface area contributed by atoms with E-state index in [4.69, 9.17) is 0 Å². The number of nitrogens with zero attached hydrogens (tertiary/aromatic N) is 2. The number of fused-ring (bicyclic) bond motifs is 1. The van der Waals surface area contributed by atoms with E-state index >= 15 is 0 Å². The molecule has 0 atom stereocenters. The number of nitrogens with one attached hydrogen (secondary N) is 2. The fourth-order valence-corrected chi connectivity index (χ4v) is 1.22. The lowest BCUT2D eigenvalue weighted by Gasteiger charge is -2.06. The molecule has 6 nitrogen and oxygen atoms in total. The molecule has 0 saturated carbocycles. The molecule has 0 aromatic carbocycles. The molecule has 0 amide bonds. The van der Waals surface area contributed by atoms with E-state index in [-0.39, 0.29) is 10.8 Å². The van der Waals surface area contributed by atoms with Crippen LogP contribution in [0, 0.1) is 0 Å². The third-order valence-electron chi connectivity index (χ3n) is 1.67. The van der Waals surface area contributed by atoms with Crippen LogP contribution in [0.2, 0.25) is 0 Å². The molecule has 0 fully saturated rings. The van der Waals surface area contributed by atoms with Crippen molar-refractivity contribution in [3.63, 3.8) is 0 Å². The summed E-state index contributed by atoms with van der Waals surface area (Å²) in [6.07, 6.45) is 0. The second-order valence-electron chi connectivity index (χ2n) is 3.32. The topological polar surface area (TPSA) is 90.4 Å². The number of hydrogen-bond acceptors (Lipinski definition) is 4. The maximum atomic E-state index is 11.2. The fourth-order valence-electron chi connectivity index (χ4n) is 1.22. The van der Waals surface area contributed by atoms with Gasteiger partial charge in [0.25, 0.3) is 5.56 Å². The van der Waals surface area contributed by atoms with Crippen LogP contribution in [-0.2, 0) is 0 Å².